The molecule has 0 atom stereocenters. The van der Waals surface area contributed by atoms with Crippen molar-refractivity contribution >= 4 is 11.8 Å². The molecule has 4 heteroatoms. The Balaban J connectivity index is 1.76. The molecule has 0 saturated carbocycles. The first-order valence-corrected chi connectivity index (χ1v) is 9.51. The fraction of sp³-hybridized carbons (Fsp3) is 0.619. The Bertz CT molecular complexity index is 570. The first-order valence-electron chi connectivity index (χ1n) is 9.51. The van der Waals surface area contributed by atoms with Gasteiger partial charge in [-0.3, -0.25) is 9.59 Å². The lowest BCUT2D eigenvalue weighted by Crippen LogP contribution is -2.50. The van der Waals surface area contributed by atoms with Gasteiger partial charge in [0.25, 0.3) is 0 Å². The van der Waals surface area contributed by atoms with E-state index in [0.717, 1.165) is 6.42 Å². The van der Waals surface area contributed by atoms with Crippen LogP contribution in [0.15, 0.2) is 24.3 Å². The standard InChI is InChI=1S/C21H32N2O2/c1-16(2)15-21(25)23-13-11-22(12-14-23)20(24)10-7-18-5-8-19(9-6-18)17(3)4/h5-6,8-9,16-17H,7,10-15H2,1-4H3. The maximum atomic E-state index is 12.4. The highest BCUT2D eigenvalue weighted by Gasteiger charge is 2.24. The molecule has 25 heavy (non-hydrogen) atoms. The molecule has 2 amide bonds. The number of carbonyl (C=O) groups is 2. The molecule has 1 aromatic carbocycles. The van der Waals surface area contributed by atoms with Gasteiger partial charge in [0.2, 0.25) is 11.8 Å². The van der Waals surface area contributed by atoms with E-state index < -0.39 is 0 Å². The van der Waals surface area contributed by atoms with Crippen LogP contribution in [0, 0.1) is 5.92 Å². The molecule has 0 radical (unpaired) electrons. The lowest BCUT2D eigenvalue weighted by molar-refractivity contribution is -0.140. The first-order chi connectivity index (χ1) is 11.9. The zero-order chi connectivity index (χ0) is 18.4. The van der Waals surface area contributed by atoms with E-state index in [2.05, 4.69) is 52.0 Å². The summed E-state index contributed by atoms with van der Waals surface area (Å²) in [6, 6.07) is 8.57. The van der Waals surface area contributed by atoms with E-state index in [0.29, 0.717) is 50.9 Å². The summed E-state index contributed by atoms with van der Waals surface area (Å²) in [6.45, 7) is 11.1. The molecule has 4 nitrogen and oxygen atoms in total. The summed E-state index contributed by atoms with van der Waals surface area (Å²) in [5, 5.41) is 0. The number of carbonyl (C=O) groups excluding carboxylic acids is 2. The highest BCUT2D eigenvalue weighted by Crippen LogP contribution is 2.16. The van der Waals surface area contributed by atoms with Gasteiger partial charge < -0.3 is 9.80 Å². The number of rotatable bonds is 6. The predicted octanol–water partition coefficient (Wildman–Crippen LogP) is 3.46. The summed E-state index contributed by atoms with van der Waals surface area (Å²) in [6.07, 6.45) is 1.92. The molecule has 0 spiro atoms. The zero-order valence-electron chi connectivity index (χ0n) is 16.1. The lowest BCUT2D eigenvalue weighted by atomic mass is 10.00. The van der Waals surface area contributed by atoms with Crippen LogP contribution in [0.1, 0.15) is 57.6 Å². The van der Waals surface area contributed by atoms with Gasteiger partial charge in [0, 0.05) is 39.0 Å². The maximum absolute atomic E-state index is 12.4. The topological polar surface area (TPSA) is 40.6 Å². The number of amides is 2. The second-order valence-electron chi connectivity index (χ2n) is 7.76. The number of hydrogen-bond acceptors (Lipinski definition) is 2. The predicted molar refractivity (Wildman–Crippen MR) is 101 cm³/mol. The number of nitrogens with zero attached hydrogens (tertiary/aromatic N) is 2. The third kappa shape index (κ3) is 5.87. The summed E-state index contributed by atoms with van der Waals surface area (Å²) >= 11 is 0. The van der Waals surface area contributed by atoms with E-state index in [9.17, 15) is 9.59 Å². The molecular formula is C21H32N2O2. The van der Waals surface area contributed by atoms with Crippen molar-refractivity contribution in [3.63, 3.8) is 0 Å². The molecule has 138 valence electrons. The fourth-order valence-electron chi connectivity index (χ4n) is 3.16. The van der Waals surface area contributed by atoms with E-state index in [4.69, 9.17) is 0 Å². The molecule has 0 aliphatic carbocycles. The minimum absolute atomic E-state index is 0.198. The van der Waals surface area contributed by atoms with Crippen LogP contribution in [0.3, 0.4) is 0 Å². The number of benzene rings is 1. The second-order valence-corrected chi connectivity index (χ2v) is 7.76. The van der Waals surface area contributed by atoms with Crippen LogP contribution in [0.2, 0.25) is 0 Å². The molecule has 2 rings (SSSR count). The van der Waals surface area contributed by atoms with Crippen molar-refractivity contribution in [3.8, 4) is 0 Å². The molecular weight excluding hydrogens is 312 g/mol. The smallest absolute Gasteiger partial charge is 0.223 e. The van der Waals surface area contributed by atoms with Gasteiger partial charge in [-0.05, 0) is 29.4 Å². The summed E-state index contributed by atoms with van der Waals surface area (Å²) < 4.78 is 0. The second kappa shape index (κ2) is 9.02. The Labute approximate surface area is 152 Å². The van der Waals surface area contributed by atoms with Crippen molar-refractivity contribution in [1.82, 2.24) is 9.80 Å². The van der Waals surface area contributed by atoms with Gasteiger partial charge in [0.15, 0.2) is 0 Å². The highest BCUT2D eigenvalue weighted by atomic mass is 16.2. The SMILES string of the molecule is CC(C)CC(=O)N1CCN(C(=O)CCc2ccc(C(C)C)cc2)CC1. The van der Waals surface area contributed by atoms with Crippen molar-refractivity contribution < 1.29 is 9.59 Å². The third-order valence-electron chi connectivity index (χ3n) is 4.84. The summed E-state index contributed by atoms with van der Waals surface area (Å²) in [5.74, 6) is 1.33. The number of aryl methyl sites for hydroxylation is 1. The van der Waals surface area contributed by atoms with Gasteiger partial charge >= 0.3 is 0 Å². The summed E-state index contributed by atoms with van der Waals surface area (Å²) in [4.78, 5) is 28.3. The van der Waals surface area contributed by atoms with Gasteiger partial charge in [-0.2, -0.15) is 0 Å². The van der Waals surface area contributed by atoms with E-state index in [-0.39, 0.29) is 11.8 Å². The Kier molecular flexibility index (Phi) is 7.03. The summed E-state index contributed by atoms with van der Waals surface area (Å²) in [7, 11) is 0. The number of hydrogen-bond donors (Lipinski definition) is 0. The Hall–Kier alpha value is -1.84. The molecule has 1 heterocycles. The van der Waals surface area contributed by atoms with Gasteiger partial charge in [0.05, 0.1) is 0 Å². The first kappa shape index (κ1) is 19.5. The van der Waals surface area contributed by atoms with E-state index in [1.54, 1.807) is 0 Å². The van der Waals surface area contributed by atoms with Crippen LogP contribution < -0.4 is 0 Å². The van der Waals surface area contributed by atoms with Crippen molar-refractivity contribution in [2.75, 3.05) is 26.2 Å². The van der Waals surface area contributed by atoms with Crippen molar-refractivity contribution in [3.05, 3.63) is 35.4 Å². The molecule has 1 aliphatic heterocycles. The molecule has 1 saturated heterocycles. The van der Waals surface area contributed by atoms with Gasteiger partial charge in [-0.15, -0.1) is 0 Å². The van der Waals surface area contributed by atoms with E-state index >= 15 is 0 Å². The van der Waals surface area contributed by atoms with Gasteiger partial charge in [-0.25, -0.2) is 0 Å². The average molecular weight is 344 g/mol. The molecule has 0 N–H and O–H groups in total. The normalized spacial score (nSPS) is 15.1. The lowest BCUT2D eigenvalue weighted by Gasteiger charge is -2.35. The average Bonchev–Trinajstić information content (AvgIpc) is 2.59. The fourth-order valence-corrected chi connectivity index (χ4v) is 3.16. The van der Waals surface area contributed by atoms with Crippen LogP contribution in [0.5, 0.6) is 0 Å². The van der Waals surface area contributed by atoms with Gasteiger partial charge in [-0.1, -0.05) is 52.0 Å². The van der Waals surface area contributed by atoms with Crippen LogP contribution >= 0.6 is 0 Å². The Morgan fingerprint density at radius 2 is 1.40 bits per heavy atom. The molecule has 1 aromatic rings. The minimum atomic E-state index is 0.198. The monoisotopic (exact) mass is 344 g/mol. The minimum Gasteiger partial charge on any atom is -0.339 e. The Morgan fingerprint density at radius 1 is 0.880 bits per heavy atom. The van der Waals surface area contributed by atoms with Crippen LogP contribution in [0.4, 0.5) is 0 Å². The quantitative estimate of drug-likeness (QED) is 0.793. The highest BCUT2D eigenvalue weighted by molar-refractivity contribution is 5.78. The molecule has 0 aromatic heterocycles. The van der Waals surface area contributed by atoms with Crippen molar-refractivity contribution in [2.24, 2.45) is 5.92 Å². The molecule has 1 fully saturated rings. The van der Waals surface area contributed by atoms with E-state index in [1.165, 1.54) is 11.1 Å². The zero-order valence-corrected chi connectivity index (χ0v) is 16.1. The molecule has 0 unspecified atom stereocenters. The molecule has 1 aliphatic rings. The third-order valence-corrected chi connectivity index (χ3v) is 4.84. The van der Waals surface area contributed by atoms with Crippen LogP contribution in [-0.4, -0.2) is 47.8 Å². The Morgan fingerprint density at radius 3 is 1.88 bits per heavy atom. The molecule has 0 bridgehead atoms. The largest absolute Gasteiger partial charge is 0.339 e. The number of piperazine rings is 1. The van der Waals surface area contributed by atoms with Crippen LogP contribution in [-0.2, 0) is 16.0 Å². The van der Waals surface area contributed by atoms with Crippen molar-refractivity contribution in [1.29, 1.82) is 0 Å². The van der Waals surface area contributed by atoms with Crippen molar-refractivity contribution in [2.45, 2.75) is 52.9 Å². The van der Waals surface area contributed by atoms with Crippen LogP contribution in [0.25, 0.3) is 0 Å². The van der Waals surface area contributed by atoms with Gasteiger partial charge in [0.1, 0.15) is 0 Å². The van der Waals surface area contributed by atoms with E-state index in [1.807, 2.05) is 9.80 Å². The summed E-state index contributed by atoms with van der Waals surface area (Å²) in [5.41, 5.74) is 2.54. The maximum Gasteiger partial charge on any atom is 0.223 e.